The number of nitrogens with one attached hydrogen (secondary N) is 1. The molecule has 0 radical (unpaired) electrons. The second-order valence-corrected chi connectivity index (χ2v) is 6.07. The van der Waals surface area contributed by atoms with Crippen LogP contribution in [0.25, 0.3) is 0 Å². The second kappa shape index (κ2) is 7.46. The maximum atomic E-state index is 11.5. The standard InChI is InChI=1S/C17H27NO3/c1-6-14-8-7-9-15(10-14)21-13(4)11-17(5,16(19)20)18-12(2)3/h7-10,12-13,18H,6,11H2,1-5H3,(H,19,20). The zero-order valence-electron chi connectivity index (χ0n) is 13.6. The number of carbonyl (C=O) groups is 1. The Kier molecular flexibility index (Phi) is 6.21. The van der Waals surface area contributed by atoms with E-state index in [0.29, 0.717) is 6.42 Å². The summed E-state index contributed by atoms with van der Waals surface area (Å²) in [6, 6.07) is 8.03. The van der Waals surface area contributed by atoms with E-state index in [1.54, 1.807) is 6.92 Å². The van der Waals surface area contributed by atoms with E-state index in [1.165, 1.54) is 5.56 Å². The first-order valence-corrected chi connectivity index (χ1v) is 7.53. The van der Waals surface area contributed by atoms with Crippen LogP contribution in [0.15, 0.2) is 24.3 Å². The Bertz CT molecular complexity index is 473. The smallest absolute Gasteiger partial charge is 0.323 e. The van der Waals surface area contributed by atoms with Gasteiger partial charge in [0.25, 0.3) is 0 Å². The van der Waals surface area contributed by atoms with Crippen molar-refractivity contribution in [1.29, 1.82) is 0 Å². The number of rotatable bonds is 8. The molecule has 0 aliphatic rings. The predicted molar refractivity (Wildman–Crippen MR) is 84.8 cm³/mol. The van der Waals surface area contributed by atoms with E-state index in [4.69, 9.17) is 4.74 Å². The molecule has 4 nitrogen and oxygen atoms in total. The number of aliphatic carboxylic acids is 1. The SMILES string of the molecule is CCc1cccc(OC(C)CC(C)(NC(C)C)C(=O)O)c1. The van der Waals surface area contributed by atoms with E-state index in [9.17, 15) is 9.90 Å². The Morgan fingerprint density at radius 3 is 2.57 bits per heavy atom. The van der Waals surface area contributed by atoms with Crippen molar-refractivity contribution >= 4 is 5.97 Å². The van der Waals surface area contributed by atoms with E-state index >= 15 is 0 Å². The van der Waals surface area contributed by atoms with Crippen LogP contribution in [-0.4, -0.2) is 28.8 Å². The van der Waals surface area contributed by atoms with E-state index in [1.807, 2.05) is 39.0 Å². The summed E-state index contributed by atoms with van der Waals surface area (Å²) in [7, 11) is 0. The molecule has 21 heavy (non-hydrogen) atoms. The molecule has 0 spiro atoms. The predicted octanol–water partition coefficient (Wildman–Crippen LogP) is 3.25. The lowest BCUT2D eigenvalue weighted by Gasteiger charge is -2.31. The van der Waals surface area contributed by atoms with Crippen LogP contribution in [0.5, 0.6) is 5.75 Å². The lowest BCUT2D eigenvalue weighted by atomic mass is 9.94. The molecule has 0 amide bonds. The number of carboxylic acid groups (broad SMARTS) is 1. The highest BCUT2D eigenvalue weighted by Crippen LogP contribution is 2.20. The van der Waals surface area contributed by atoms with E-state index < -0.39 is 11.5 Å². The van der Waals surface area contributed by atoms with Crippen LogP contribution in [0, 0.1) is 0 Å². The molecule has 0 heterocycles. The Hall–Kier alpha value is -1.55. The molecule has 2 atom stereocenters. The van der Waals surface area contributed by atoms with Crippen LogP contribution >= 0.6 is 0 Å². The second-order valence-electron chi connectivity index (χ2n) is 6.07. The van der Waals surface area contributed by atoms with Crippen LogP contribution < -0.4 is 10.1 Å². The fraction of sp³-hybridized carbons (Fsp3) is 0.588. The van der Waals surface area contributed by atoms with Crippen molar-refractivity contribution in [2.45, 2.75) is 65.1 Å². The van der Waals surface area contributed by atoms with Crippen molar-refractivity contribution < 1.29 is 14.6 Å². The van der Waals surface area contributed by atoms with Gasteiger partial charge < -0.3 is 9.84 Å². The van der Waals surface area contributed by atoms with Gasteiger partial charge in [0.05, 0.1) is 6.10 Å². The third-order valence-electron chi connectivity index (χ3n) is 3.42. The van der Waals surface area contributed by atoms with Crippen LogP contribution in [0.3, 0.4) is 0 Å². The number of benzene rings is 1. The third-order valence-corrected chi connectivity index (χ3v) is 3.42. The minimum Gasteiger partial charge on any atom is -0.491 e. The summed E-state index contributed by atoms with van der Waals surface area (Å²) in [6.45, 7) is 9.59. The number of hydrogen-bond acceptors (Lipinski definition) is 3. The Morgan fingerprint density at radius 1 is 1.38 bits per heavy atom. The average molecular weight is 293 g/mol. The maximum absolute atomic E-state index is 11.5. The fourth-order valence-corrected chi connectivity index (χ4v) is 2.53. The van der Waals surface area contributed by atoms with Gasteiger partial charge in [0.15, 0.2) is 0 Å². The first-order valence-electron chi connectivity index (χ1n) is 7.53. The van der Waals surface area contributed by atoms with Gasteiger partial charge in [-0.15, -0.1) is 0 Å². The highest BCUT2D eigenvalue weighted by molar-refractivity contribution is 5.78. The molecular weight excluding hydrogens is 266 g/mol. The van der Waals surface area contributed by atoms with Crippen molar-refractivity contribution in [3.63, 3.8) is 0 Å². The molecule has 118 valence electrons. The Balaban J connectivity index is 2.73. The van der Waals surface area contributed by atoms with Gasteiger partial charge >= 0.3 is 5.97 Å². The molecule has 0 fully saturated rings. The molecule has 0 aliphatic heterocycles. The zero-order chi connectivity index (χ0) is 16.0. The average Bonchev–Trinajstić information content (AvgIpc) is 2.37. The summed E-state index contributed by atoms with van der Waals surface area (Å²) >= 11 is 0. The largest absolute Gasteiger partial charge is 0.491 e. The van der Waals surface area contributed by atoms with Crippen molar-refractivity contribution in [1.82, 2.24) is 5.32 Å². The molecule has 2 unspecified atom stereocenters. The Labute approximate surface area is 127 Å². The van der Waals surface area contributed by atoms with Gasteiger partial charge in [-0.2, -0.15) is 0 Å². The summed E-state index contributed by atoms with van der Waals surface area (Å²) in [4.78, 5) is 11.5. The molecule has 0 bridgehead atoms. The molecule has 0 saturated carbocycles. The quantitative estimate of drug-likeness (QED) is 0.772. The van der Waals surface area contributed by atoms with Crippen molar-refractivity contribution in [2.24, 2.45) is 0 Å². The van der Waals surface area contributed by atoms with Gasteiger partial charge in [-0.05, 0) is 51.8 Å². The summed E-state index contributed by atoms with van der Waals surface area (Å²) in [6.07, 6.45) is 1.16. The molecule has 0 aromatic heterocycles. The molecule has 2 N–H and O–H groups in total. The summed E-state index contributed by atoms with van der Waals surface area (Å²) in [5, 5.41) is 12.6. The van der Waals surface area contributed by atoms with Crippen molar-refractivity contribution in [3.8, 4) is 5.75 Å². The summed E-state index contributed by atoms with van der Waals surface area (Å²) in [5.41, 5.74) is 0.219. The molecule has 1 aromatic rings. The maximum Gasteiger partial charge on any atom is 0.323 e. The van der Waals surface area contributed by atoms with Crippen LogP contribution in [-0.2, 0) is 11.2 Å². The first-order chi connectivity index (χ1) is 9.76. The normalized spacial score (nSPS) is 15.5. The minimum atomic E-state index is -0.990. The zero-order valence-corrected chi connectivity index (χ0v) is 13.6. The lowest BCUT2D eigenvalue weighted by molar-refractivity contribution is -0.145. The molecule has 0 saturated heterocycles. The molecular formula is C17H27NO3. The van der Waals surface area contributed by atoms with Crippen LogP contribution in [0.4, 0.5) is 0 Å². The van der Waals surface area contributed by atoms with Crippen LogP contribution in [0.2, 0.25) is 0 Å². The van der Waals surface area contributed by atoms with E-state index in [2.05, 4.69) is 18.3 Å². The van der Waals surface area contributed by atoms with Crippen LogP contribution in [0.1, 0.15) is 46.6 Å². The molecule has 4 heteroatoms. The number of hydrogen-bond donors (Lipinski definition) is 2. The minimum absolute atomic E-state index is 0.0988. The monoisotopic (exact) mass is 293 g/mol. The summed E-state index contributed by atoms with van der Waals surface area (Å²) < 4.78 is 5.88. The van der Waals surface area contributed by atoms with E-state index in [0.717, 1.165) is 12.2 Å². The number of ether oxygens (including phenoxy) is 1. The highest BCUT2D eigenvalue weighted by atomic mass is 16.5. The highest BCUT2D eigenvalue weighted by Gasteiger charge is 2.35. The molecule has 1 rings (SSSR count). The van der Waals surface area contributed by atoms with Crippen molar-refractivity contribution in [3.05, 3.63) is 29.8 Å². The lowest BCUT2D eigenvalue weighted by Crippen LogP contribution is -2.54. The molecule has 0 aliphatic carbocycles. The van der Waals surface area contributed by atoms with Gasteiger partial charge in [-0.25, -0.2) is 0 Å². The van der Waals surface area contributed by atoms with Gasteiger partial charge in [0.2, 0.25) is 0 Å². The number of aryl methyl sites for hydroxylation is 1. The van der Waals surface area contributed by atoms with Gasteiger partial charge in [0, 0.05) is 12.5 Å². The van der Waals surface area contributed by atoms with Gasteiger partial charge in [-0.1, -0.05) is 19.1 Å². The topological polar surface area (TPSA) is 58.6 Å². The Morgan fingerprint density at radius 2 is 2.05 bits per heavy atom. The van der Waals surface area contributed by atoms with Gasteiger partial charge in [-0.3, -0.25) is 10.1 Å². The third kappa shape index (κ3) is 5.38. The summed E-state index contributed by atoms with van der Waals surface area (Å²) in [5.74, 6) is -0.0619. The fourth-order valence-electron chi connectivity index (χ4n) is 2.53. The van der Waals surface area contributed by atoms with E-state index in [-0.39, 0.29) is 12.1 Å². The first kappa shape index (κ1) is 17.5. The number of carboxylic acids is 1. The van der Waals surface area contributed by atoms with Gasteiger partial charge in [0.1, 0.15) is 11.3 Å². The molecule has 1 aromatic carbocycles. The van der Waals surface area contributed by atoms with Crippen molar-refractivity contribution in [2.75, 3.05) is 0 Å².